The number of carbonyl (C=O) groups excluding carboxylic acids is 1. The number of phenols is 2. The molecule has 0 fully saturated rings. The molecular weight excluding hydrogens is 591 g/mol. The van der Waals surface area contributed by atoms with Gasteiger partial charge < -0.3 is 25.0 Å². The van der Waals surface area contributed by atoms with Crippen molar-refractivity contribution in [2.24, 2.45) is 0 Å². The fourth-order valence-corrected chi connectivity index (χ4v) is 5.65. The Hall–Kier alpha value is -4.30. The standard InChI is InChI=1S/C35H41N2O7P/c1-24(2)11-8-12-25(3)13-9-14-26(4)19-20-37-30-21-28(38)22-31(39)34(30)36-33-29(35(37)40)17-10-18-32(33)44-45(41,42)43-23-27-15-6-5-7-16-27/h5-7,10-11,13,15-19,21-22,36,38-39H,8-9,12,14,20,23H2,1-4H3,(H,41,42). The summed E-state index contributed by atoms with van der Waals surface area (Å²) in [5, 5.41) is 24.1. The Morgan fingerprint density at radius 3 is 2.29 bits per heavy atom. The summed E-state index contributed by atoms with van der Waals surface area (Å²) >= 11 is 0. The lowest BCUT2D eigenvalue weighted by molar-refractivity contribution is 0.0990. The van der Waals surface area contributed by atoms with Gasteiger partial charge in [-0.3, -0.25) is 14.2 Å². The van der Waals surface area contributed by atoms with Gasteiger partial charge in [0.25, 0.3) is 5.91 Å². The Balaban J connectivity index is 1.57. The van der Waals surface area contributed by atoms with Gasteiger partial charge in [-0.1, -0.05) is 71.3 Å². The van der Waals surface area contributed by atoms with Crippen molar-refractivity contribution >= 4 is 30.8 Å². The van der Waals surface area contributed by atoms with Crippen LogP contribution < -0.4 is 14.7 Å². The molecule has 9 nitrogen and oxygen atoms in total. The maximum Gasteiger partial charge on any atom is 0.527 e. The predicted octanol–water partition coefficient (Wildman–Crippen LogP) is 8.92. The zero-order valence-electron chi connectivity index (χ0n) is 26.1. The first kappa shape index (κ1) is 33.6. The van der Waals surface area contributed by atoms with Crippen LogP contribution in [0.4, 0.5) is 17.1 Å². The summed E-state index contributed by atoms with van der Waals surface area (Å²) < 4.78 is 23.6. The van der Waals surface area contributed by atoms with Gasteiger partial charge in [0.2, 0.25) is 0 Å². The molecule has 0 aliphatic carbocycles. The summed E-state index contributed by atoms with van der Waals surface area (Å²) in [5.41, 5.74) is 5.01. The van der Waals surface area contributed by atoms with Crippen LogP contribution in [0.5, 0.6) is 17.2 Å². The van der Waals surface area contributed by atoms with Gasteiger partial charge in [-0.05, 0) is 71.1 Å². The van der Waals surface area contributed by atoms with Crippen molar-refractivity contribution in [2.75, 3.05) is 16.8 Å². The lowest BCUT2D eigenvalue weighted by Gasteiger charge is -2.22. The molecule has 0 aromatic heterocycles. The summed E-state index contributed by atoms with van der Waals surface area (Å²) in [7, 11) is -4.62. The molecule has 4 N–H and O–H groups in total. The Bertz CT molecular complexity index is 1660. The number of anilines is 3. The Morgan fingerprint density at radius 1 is 0.889 bits per heavy atom. The van der Waals surface area contributed by atoms with Crippen molar-refractivity contribution in [1.29, 1.82) is 0 Å². The molecule has 4 rings (SSSR count). The van der Waals surface area contributed by atoms with E-state index in [9.17, 15) is 24.5 Å². The van der Waals surface area contributed by atoms with Gasteiger partial charge in [0.1, 0.15) is 17.2 Å². The van der Waals surface area contributed by atoms with Crippen LogP contribution in [0.25, 0.3) is 0 Å². The number of hydrogen-bond acceptors (Lipinski definition) is 7. The molecular formula is C35H41N2O7P. The number of allylic oxidation sites excluding steroid dienone is 5. The molecule has 0 saturated heterocycles. The van der Waals surface area contributed by atoms with Gasteiger partial charge >= 0.3 is 7.82 Å². The van der Waals surface area contributed by atoms with Crippen LogP contribution in [0.2, 0.25) is 0 Å². The first-order valence-electron chi connectivity index (χ1n) is 14.9. The number of carbonyl (C=O) groups is 1. The highest BCUT2D eigenvalue weighted by molar-refractivity contribution is 7.47. The molecule has 238 valence electrons. The molecule has 45 heavy (non-hydrogen) atoms. The van der Waals surface area contributed by atoms with Crippen LogP contribution in [-0.2, 0) is 15.7 Å². The van der Waals surface area contributed by atoms with Gasteiger partial charge in [-0.25, -0.2) is 4.57 Å². The number of nitrogens with one attached hydrogen (secondary N) is 1. The zero-order chi connectivity index (χ0) is 32.6. The molecule has 10 heteroatoms. The molecule has 1 atom stereocenters. The Kier molecular flexibility index (Phi) is 11.3. The van der Waals surface area contributed by atoms with E-state index in [-0.39, 0.29) is 53.0 Å². The number of para-hydroxylation sites is 1. The molecule has 0 bridgehead atoms. The van der Waals surface area contributed by atoms with Gasteiger partial charge in [-0.2, -0.15) is 0 Å². The smallest absolute Gasteiger partial charge is 0.508 e. The van der Waals surface area contributed by atoms with E-state index in [4.69, 9.17) is 9.05 Å². The SMILES string of the molecule is CC(C)=CCCC(C)=CCCC(C)=CCN1C(=O)c2cccc(OP(=O)(O)OCc3ccccc3)c2Nc2c(O)cc(O)cc21. The van der Waals surface area contributed by atoms with Crippen LogP contribution in [-0.4, -0.2) is 27.6 Å². The first-order chi connectivity index (χ1) is 21.4. The van der Waals surface area contributed by atoms with Gasteiger partial charge in [0.15, 0.2) is 5.75 Å². The third kappa shape index (κ3) is 9.35. The van der Waals surface area contributed by atoms with E-state index < -0.39 is 13.7 Å². The van der Waals surface area contributed by atoms with E-state index in [2.05, 4.69) is 38.2 Å². The molecule has 3 aromatic carbocycles. The maximum absolute atomic E-state index is 14.0. The highest BCUT2D eigenvalue weighted by Crippen LogP contribution is 2.51. The minimum absolute atomic E-state index is 0.0826. The normalized spacial score (nSPS) is 14.5. The number of phosphoric ester groups is 1. The summed E-state index contributed by atoms with van der Waals surface area (Å²) in [4.78, 5) is 25.9. The molecule has 0 radical (unpaired) electrons. The topological polar surface area (TPSA) is 129 Å². The molecule has 1 unspecified atom stereocenters. The van der Waals surface area contributed by atoms with E-state index >= 15 is 0 Å². The van der Waals surface area contributed by atoms with E-state index in [1.165, 1.54) is 34.2 Å². The first-order valence-corrected chi connectivity index (χ1v) is 16.4. The van der Waals surface area contributed by atoms with Crippen molar-refractivity contribution in [3.05, 3.63) is 107 Å². The van der Waals surface area contributed by atoms with E-state index in [1.54, 1.807) is 30.3 Å². The number of amides is 1. The molecule has 1 heterocycles. The van der Waals surface area contributed by atoms with Crippen molar-refractivity contribution < 1.29 is 33.5 Å². The fraction of sp³-hybridized carbons (Fsp3) is 0.286. The molecule has 3 aromatic rings. The van der Waals surface area contributed by atoms with E-state index in [0.717, 1.165) is 37.3 Å². The van der Waals surface area contributed by atoms with Crippen LogP contribution in [0, 0.1) is 0 Å². The molecule has 0 saturated carbocycles. The van der Waals surface area contributed by atoms with Gasteiger partial charge in [0.05, 0.1) is 23.5 Å². The maximum atomic E-state index is 14.0. The largest absolute Gasteiger partial charge is 0.527 e. The van der Waals surface area contributed by atoms with E-state index in [1.807, 2.05) is 19.1 Å². The number of aromatic hydroxyl groups is 2. The summed E-state index contributed by atoms with van der Waals surface area (Å²) in [5.74, 6) is -1.11. The second kappa shape index (κ2) is 15.1. The van der Waals surface area contributed by atoms with Crippen LogP contribution in [0.1, 0.15) is 69.3 Å². The number of rotatable bonds is 13. The quantitative estimate of drug-likeness (QED) is 0.0636. The zero-order valence-corrected chi connectivity index (χ0v) is 27.0. The Labute approximate surface area is 264 Å². The average Bonchev–Trinajstić information content (AvgIpc) is 3.10. The summed E-state index contributed by atoms with van der Waals surface area (Å²) in [6.45, 7) is 8.33. The lowest BCUT2D eigenvalue weighted by Crippen LogP contribution is -2.30. The third-order valence-electron chi connectivity index (χ3n) is 7.32. The third-order valence-corrected chi connectivity index (χ3v) is 8.20. The molecule has 1 aliphatic rings. The average molecular weight is 633 g/mol. The van der Waals surface area contributed by atoms with Crippen molar-refractivity contribution in [1.82, 2.24) is 0 Å². The van der Waals surface area contributed by atoms with E-state index in [0.29, 0.717) is 5.56 Å². The second-order valence-electron chi connectivity index (χ2n) is 11.4. The minimum Gasteiger partial charge on any atom is -0.508 e. The summed E-state index contributed by atoms with van der Waals surface area (Å²) in [6.07, 6.45) is 10.1. The highest BCUT2D eigenvalue weighted by atomic mass is 31.2. The number of benzene rings is 3. The van der Waals surface area contributed by atoms with Crippen molar-refractivity contribution in [3.63, 3.8) is 0 Å². The minimum atomic E-state index is -4.62. The van der Waals surface area contributed by atoms with Crippen LogP contribution in [0.15, 0.2) is 95.6 Å². The lowest BCUT2D eigenvalue weighted by atomic mass is 10.1. The fourth-order valence-electron chi connectivity index (χ4n) is 4.88. The predicted molar refractivity (Wildman–Crippen MR) is 178 cm³/mol. The molecule has 1 amide bonds. The summed E-state index contributed by atoms with van der Waals surface area (Å²) in [6, 6.07) is 15.9. The second-order valence-corrected chi connectivity index (χ2v) is 12.7. The number of nitrogens with zero attached hydrogens (tertiary/aromatic N) is 1. The Morgan fingerprint density at radius 2 is 1.58 bits per heavy atom. The monoisotopic (exact) mass is 632 g/mol. The highest BCUT2D eigenvalue weighted by Gasteiger charge is 2.33. The van der Waals surface area contributed by atoms with Crippen molar-refractivity contribution in [3.8, 4) is 17.2 Å². The van der Waals surface area contributed by atoms with Crippen LogP contribution in [0.3, 0.4) is 0 Å². The number of phosphoric acid groups is 1. The number of hydrogen-bond donors (Lipinski definition) is 4. The number of fused-ring (bicyclic) bond motifs is 2. The molecule has 1 aliphatic heterocycles. The van der Waals surface area contributed by atoms with Crippen molar-refractivity contribution in [2.45, 2.75) is 60.0 Å². The molecule has 0 spiro atoms. The van der Waals surface area contributed by atoms with Gasteiger partial charge in [-0.15, -0.1) is 0 Å². The van der Waals surface area contributed by atoms with Gasteiger partial charge in [0, 0.05) is 18.7 Å². The van der Waals surface area contributed by atoms with Crippen LogP contribution >= 0.6 is 7.82 Å². The number of phenolic OH excluding ortho intramolecular Hbond substituents is 2.